The van der Waals surface area contributed by atoms with Crippen molar-refractivity contribution in [3.63, 3.8) is 0 Å². The average Bonchev–Trinajstić information content (AvgIpc) is 3.36. The number of ether oxygens (including phenoxy) is 2. The van der Waals surface area contributed by atoms with E-state index in [4.69, 9.17) is 9.47 Å². The number of carbonyl (C=O) groups excluding carboxylic acids is 3. The van der Waals surface area contributed by atoms with Crippen LogP contribution >= 0.6 is 11.8 Å². The van der Waals surface area contributed by atoms with Crippen LogP contribution in [0.25, 0.3) is 5.70 Å². The SMILES string of the molecule is CSCC[C@@H](C(=O)/C=C1\NCCc2cc3c(cc21)OCO3)N1C(=O)c2ccccc2C1=O. The summed E-state index contributed by atoms with van der Waals surface area (Å²) in [6, 6.07) is 9.68. The van der Waals surface area contributed by atoms with Crippen molar-refractivity contribution >= 4 is 35.1 Å². The Hall–Kier alpha value is -3.26. The largest absolute Gasteiger partial charge is 0.454 e. The summed E-state index contributed by atoms with van der Waals surface area (Å²) in [7, 11) is 0. The summed E-state index contributed by atoms with van der Waals surface area (Å²) < 4.78 is 11.0. The first-order chi connectivity index (χ1) is 15.6. The molecule has 0 radical (unpaired) electrons. The van der Waals surface area contributed by atoms with E-state index in [0.29, 0.717) is 47.0 Å². The van der Waals surface area contributed by atoms with Crippen LogP contribution in [0.5, 0.6) is 11.5 Å². The lowest BCUT2D eigenvalue weighted by molar-refractivity contribution is -0.118. The third-order valence-corrected chi connectivity index (χ3v) is 6.59. The Bertz CT molecular complexity index is 1120. The second-order valence-corrected chi connectivity index (χ2v) is 8.81. The monoisotopic (exact) mass is 450 g/mol. The van der Waals surface area contributed by atoms with Gasteiger partial charge < -0.3 is 14.8 Å². The van der Waals surface area contributed by atoms with Gasteiger partial charge in [0.15, 0.2) is 17.3 Å². The molecule has 1 atom stereocenters. The molecular weight excluding hydrogens is 428 g/mol. The molecule has 3 heterocycles. The van der Waals surface area contributed by atoms with E-state index in [1.807, 2.05) is 18.4 Å². The Morgan fingerprint density at radius 3 is 2.50 bits per heavy atom. The van der Waals surface area contributed by atoms with Crippen molar-refractivity contribution in [2.24, 2.45) is 0 Å². The van der Waals surface area contributed by atoms with Gasteiger partial charge in [0.05, 0.1) is 11.1 Å². The average molecular weight is 451 g/mol. The first kappa shape index (κ1) is 20.6. The molecule has 3 aliphatic rings. The molecule has 0 aliphatic carbocycles. The number of imide groups is 1. The molecule has 3 aliphatic heterocycles. The van der Waals surface area contributed by atoms with Gasteiger partial charge in [0.1, 0.15) is 6.04 Å². The van der Waals surface area contributed by atoms with Crippen LogP contribution < -0.4 is 14.8 Å². The number of ketones is 1. The first-order valence-corrected chi connectivity index (χ1v) is 11.9. The second kappa shape index (κ2) is 8.35. The van der Waals surface area contributed by atoms with E-state index in [-0.39, 0.29) is 12.6 Å². The molecule has 0 saturated heterocycles. The van der Waals surface area contributed by atoms with Gasteiger partial charge in [-0.2, -0.15) is 11.8 Å². The van der Waals surface area contributed by atoms with E-state index < -0.39 is 17.9 Å². The lowest BCUT2D eigenvalue weighted by Gasteiger charge is -2.26. The van der Waals surface area contributed by atoms with Gasteiger partial charge in [-0.15, -0.1) is 0 Å². The van der Waals surface area contributed by atoms with Crippen molar-refractivity contribution < 1.29 is 23.9 Å². The number of hydrogen-bond donors (Lipinski definition) is 1. The number of hydrogen-bond acceptors (Lipinski definition) is 7. The minimum absolute atomic E-state index is 0.181. The molecule has 2 amide bonds. The highest BCUT2D eigenvalue weighted by Gasteiger charge is 2.42. The molecule has 2 aromatic rings. The normalized spacial score (nSPS) is 18.4. The van der Waals surface area contributed by atoms with Crippen LogP contribution in [0.3, 0.4) is 0 Å². The Morgan fingerprint density at radius 1 is 1.12 bits per heavy atom. The first-order valence-electron chi connectivity index (χ1n) is 10.5. The Kier molecular flexibility index (Phi) is 5.38. The van der Waals surface area contributed by atoms with Crippen molar-refractivity contribution in [2.45, 2.75) is 18.9 Å². The van der Waals surface area contributed by atoms with E-state index in [0.717, 1.165) is 22.4 Å². The highest BCUT2D eigenvalue weighted by Crippen LogP contribution is 2.38. The van der Waals surface area contributed by atoms with Gasteiger partial charge in [-0.05, 0) is 54.7 Å². The van der Waals surface area contributed by atoms with Crippen molar-refractivity contribution in [2.75, 3.05) is 25.3 Å². The van der Waals surface area contributed by atoms with Crippen LogP contribution in [0.15, 0.2) is 42.5 Å². The maximum atomic E-state index is 13.5. The number of nitrogens with one attached hydrogen (secondary N) is 1. The zero-order valence-electron chi connectivity index (χ0n) is 17.6. The van der Waals surface area contributed by atoms with Crippen molar-refractivity contribution in [3.05, 3.63) is 64.7 Å². The van der Waals surface area contributed by atoms with Crippen LogP contribution in [-0.2, 0) is 11.2 Å². The number of nitrogens with zero attached hydrogens (tertiary/aromatic N) is 1. The van der Waals surface area contributed by atoms with E-state index in [1.54, 1.807) is 36.0 Å². The fourth-order valence-corrected chi connectivity index (χ4v) is 4.81. The number of thioether (sulfide) groups is 1. The van der Waals surface area contributed by atoms with E-state index in [1.165, 1.54) is 6.08 Å². The van der Waals surface area contributed by atoms with E-state index in [2.05, 4.69) is 5.32 Å². The summed E-state index contributed by atoms with van der Waals surface area (Å²) in [6.07, 6.45) is 4.65. The molecule has 8 heteroatoms. The fraction of sp³-hybridized carbons (Fsp3) is 0.292. The van der Waals surface area contributed by atoms with Crippen LogP contribution in [0.4, 0.5) is 0 Å². The predicted octanol–water partition coefficient (Wildman–Crippen LogP) is 2.89. The Morgan fingerprint density at radius 2 is 1.81 bits per heavy atom. The van der Waals surface area contributed by atoms with E-state index in [9.17, 15) is 14.4 Å². The molecule has 1 N–H and O–H groups in total. The van der Waals surface area contributed by atoms with Crippen LogP contribution in [0, 0.1) is 0 Å². The maximum Gasteiger partial charge on any atom is 0.262 e. The molecule has 0 saturated carbocycles. The summed E-state index contributed by atoms with van der Waals surface area (Å²) in [6.45, 7) is 0.856. The van der Waals surface area contributed by atoms with Gasteiger partial charge in [0.2, 0.25) is 6.79 Å². The highest BCUT2D eigenvalue weighted by atomic mass is 32.2. The minimum Gasteiger partial charge on any atom is -0.454 e. The molecule has 164 valence electrons. The Labute approximate surface area is 189 Å². The van der Waals surface area contributed by atoms with Crippen LogP contribution in [-0.4, -0.2) is 53.9 Å². The zero-order valence-corrected chi connectivity index (χ0v) is 18.4. The summed E-state index contributed by atoms with van der Waals surface area (Å²) in [5.41, 5.74) is 3.30. The summed E-state index contributed by atoms with van der Waals surface area (Å²) in [4.78, 5) is 40.6. The molecule has 0 fully saturated rings. The second-order valence-electron chi connectivity index (χ2n) is 7.82. The quantitative estimate of drug-likeness (QED) is 0.535. The van der Waals surface area contributed by atoms with Crippen LogP contribution in [0.1, 0.15) is 38.3 Å². The maximum absolute atomic E-state index is 13.5. The van der Waals surface area contributed by atoms with Crippen molar-refractivity contribution in [1.82, 2.24) is 10.2 Å². The molecule has 0 aromatic heterocycles. The van der Waals surface area contributed by atoms with Gasteiger partial charge in [-0.3, -0.25) is 19.3 Å². The van der Waals surface area contributed by atoms with Gasteiger partial charge in [0.25, 0.3) is 11.8 Å². The van der Waals surface area contributed by atoms with Crippen molar-refractivity contribution in [1.29, 1.82) is 0 Å². The molecule has 32 heavy (non-hydrogen) atoms. The third kappa shape index (κ3) is 3.44. The van der Waals surface area contributed by atoms with Crippen LogP contribution in [0.2, 0.25) is 0 Å². The van der Waals surface area contributed by atoms with Gasteiger partial charge >= 0.3 is 0 Å². The smallest absolute Gasteiger partial charge is 0.262 e. The molecule has 5 rings (SSSR count). The lowest BCUT2D eigenvalue weighted by Crippen LogP contribution is -2.45. The number of rotatable bonds is 6. The number of benzene rings is 2. The summed E-state index contributed by atoms with van der Waals surface area (Å²) >= 11 is 1.57. The van der Waals surface area contributed by atoms with Crippen molar-refractivity contribution in [3.8, 4) is 11.5 Å². The van der Waals surface area contributed by atoms with E-state index >= 15 is 0 Å². The summed E-state index contributed by atoms with van der Waals surface area (Å²) in [5.74, 6) is 0.898. The minimum atomic E-state index is -0.858. The van der Waals surface area contributed by atoms with Gasteiger partial charge in [-0.1, -0.05) is 12.1 Å². The molecule has 0 unspecified atom stereocenters. The topological polar surface area (TPSA) is 84.9 Å². The molecule has 0 spiro atoms. The summed E-state index contributed by atoms with van der Waals surface area (Å²) in [5, 5.41) is 3.29. The molecule has 7 nitrogen and oxygen atoms in total. The van der Waals surface area contributed by atoms with Gasteiger partial charge in [-0.25, -0.2) is 0 Å². The third-order valence-electron chi connectivity index (χ3n) is 5.95. The fourth-order valence-electron chi connectivity index (χ4n) is 4.35. The zero-order chi connectivity index (χ0) is 22.2. The number of fused-ring (bicyclic) bond motifs is 3. The van der Waals surface area contributed by atoms with Gasteiger partial charge in [0, 0.05) is 23.9 Å². The predicted molar refractivity (Wildman–Crippen MR) is 121 cm³/mol. The standard InChI is InChI=1S/C24H22N2O5S/c1-32-9-7-19(26-23(28)15-4-2-3-5-16(15)24(26)29)20(27)12-18-17-11-22-21(30-13-31-22)10-14(17)6-8-25-18/h2-5,10-12,19,25H,6-9,13H2,1H3/b18-12-/t19-/m0/s1. The molecule has 2 aromatic carbocycles. The number of carbonyl (C=O) groups is 3. The molecular formula is C24H22N2O5S. The Balaban J connectivity index is 1.49. The highest BCUT2D eigenvalue weighted by molar-refractivity contribution is 7.98. The number of amides is 2. The lowest BCUT2D eigenvalue weighted by atomic mass is 9.95. The molecule has 0 bridgehead atoms.